The highest BCUT2D eigenvalue weighted by molar-refractivity contribution is 9.10. The zero-order chi connectivity index (χ0) is 13.3. The Labute approximate surface area is 114 Å². The van der Waals surface area contributed by atoms with E-state index in [0.29, 0.717) is 15.0 Å². The van der Waals surface area contributed by atoms with Crippen LogP contribution in [-0.4, -0.2) is 16.1 Å². The van der Waals surface area contributed by atoms with Crippen molar-refractivity contribution in [3.8, 4) is 10.6 Å². The highest BCUT2D eigenvalue weighted by Crippen LogP contribution is 2.28. The third-order valence-corrected chi connectivity index (χ3v) is 3.58. The summed E-state index contributed by atoms with van der Waals surface area (Å²) in [4.78, 5) is 14.8. The Morgan fingerprint density at radius 1 is 1.50 bits per heavy atom. The second-order valence-corrected chi connectivity index (χ2v) is 5.33. The van der Waals surface area contributed by atoms with Gasteiger partial charge in [0.2, 0.25) is 0 Å². The van der Waals surface area contributed by atoms with Gasteiger partial charge < -0.3 is 10.8 Å². The van der Waals surface area contributed by atoms with Crippen LogP contribution < -0.4 is 5.73 Å². The summed E-state index contributed by atoms with van der Waals surface area (Å²) in [7, 11) is 0. The monoisotopic (exact) mass is 330 g/mol. The normalized spacial score (nSPS) is 12.4. The van der Waals surface area contributed by atoms with E-state index in [9.17, 15) is 9.18 Å². The summed E-state index contributed by atoms with van der Waals surface area (Å²) in [6.07, 6.45) is 0. The van der Waals surface area contributed by atoms with Gasteiger partial charge in [-0.2, -0.15) is 0 Å². The molecule has 18 heavy (non-hydrogen) atoms. The number of hydrogen-bond acceptors (Lipinski definition) is 4. The van der Waals surface area contributed by atoms with Crippen molar-refractivity contribution in [2.24, 2.45) is 5.73 Å². The number of aromatic nitrogens is 1. The number of halogens is 2. The minimum Gasteiger partial charge on any atom is -0.480 e. The molecule has 2 rings (SSSR count). The summed E-state index contributed by atoms with van der Waals surface area (Å²) in [5, 5.41) is 10.9. The van der Waals surface area contributed by atoms with Gasteiger partial charge in [0.25, 0.3) is 0 Å². The van der Waals surface area contributed by atoms with Crippen LogP contribution in [0.3, 0.4) is 0 Å². The molecule has 0 fully saturated rings. The van der Waals surface area contributed by atoms with E-state index in [1.54, 1.807) is 11.4 Å². The lowest BCUT2D eigenvalue weighted by Crippen LogP contribution is -2.20. The molecule has 3 N–H and O–H groups in total. The van der Waals surface area contributed by atoms with Gasteiger partial charge in [0.1, 0.15) is 16.9 Å². The van der Waals surface area contributed by atoms with Crippen LogP contribution in [0, 0.1) is 5.82 Å². The van der Waals surface area contributed by atoms with E-state index in [1.807, 2.05) is 0 Å². The molecule has 7 heteroatoms. The van der Waals surface area contributed by atoms with Gasteiger partial charge in [-0.3, -0.25) is 4.79 Å². The van der Waals surface area contributed by atoms with Gasteiger partial charge >= 0.3 is 5.97 Å². The Hall–Kier alpha value is -1.31. The second kappa shape index (κ2) is 5.13. The molecular formula is C11H8BrFN2O2S. The molecule has 0 bridgehead atoms. The number of thiazole rings is 1. The van der Waals surface area contributed by atoms with Gasteiger partial charge in [-0.05, 0) is 18.2 Å². The second-order valence-electron chi connectivity index (χ2n) is 3.55. The minimum atomic E-state index is -1.16. The molecule has 1 aromatic carbocycles. The first-order valence-corrected chi connectivity index (χ1v) is 6.55. The topological polar surface area (TPSA) is 76.2 Å². The lowest BCUT2D eigenvalue weighted by molar-refractivity contribution is -0.138. The predicted octanol–water partition coefficient (Wildman–Crippen LogP) is 2.80. The first kappa shape index (κ1) is 13.1. The first-order chi connectivity index (χ1) is 8.47. The lowest BCUT2D eigenvalue weighted by Gasteiger charge is -2.01. The number of rotatable bonds is 3. The third kappa shape index (κ3) is 2.74. The molecule has 1 atom stereocenters. The molecule has 0 aliphatic carbocycles. The Morgan fingerprint density at radius 2 is 2.22 bits per heavy atom. The molecule has 0 spiro atoms. The molecule has 94 valence electrons. The summed E-state index contributed by atoms with van der Waals surface area (Å²) >= 11 is 4.41. The molecule has 0 saturated heterocycles. The molecule has 0 amide bonds. The Bertz CT molecular complexity index is 582. The average Bonchev–Trinajstić information content (AvgIpc) is 2.75. The van der Waals surface area contributed by atoms with Crippen molar-refractivity contribution in [2.75, 3.05) is 0 Å². The van der Waals surface area contributed by atoms with Crippen LogP contribution in [0.25, 0.3) is 10.6 Å². The molecule has 0 aliphatic rings. The maximum Gasteiger partial charge on any atom is 0.326 e. The van der Waals surface area contributed by atoms with Crippen molar-refractivity contribution in [1.29, 1.82) is 0 Å². The van der Waals surface area contributed by atoms with Crippen LogP contribution >= 0.6 is 27.3 Å². The van der Waals surface area contributed by atoms with E-state index in [0.717, 1.165) is 0 Å². The number of carboxylic acids is 1. The molecule has 0 saturated carbocycles. The maximum atomic E-state index is 13.2. The molecule has 0 aliphatic heterocycles. The molecule has 1 aromatic heterocycles. The zero-order valence-electron chi connectivity index (χ0n) is 8.93. The number of hydrogen-bond donors (Lipinski definition) is 2. The van der Waals surface area contributed by atoms with Crippen LogP contribution in [-0.2, 0) is 4.79 Å². The van der Waals surface area contributed by atoms with Crippen molar-refractivity contribution in [2.45, 2.75) is 6.04 Å². The fourth-order valence-electron chi connectivity index (χ4n) is 1.37. The smallest absolute Gasteiger partial charge is 0.326 e. The summed E-state index contributed by atoms with van der Waals surface area (Å²) in [6, 6.07) is 3.21. The molecule has 0 radical (unpaired) electrons. The largest absolute Gasteiger partial charge is 0.480 e. The highest BCUT2D eigenvalue weighted by atomic mass is 79.9. The van der Waals surface area contributed by atoms with Crippen molar-refractivity contribution in [3.05, 3.63) is 39.6 Å². The fraction of sp³-hybridized carbons (Fsp3) is 0.0909. The summed E-state index contributed by atoms with van der Waals surface area (Å²) in [6.45, 7) is 0. The van der Waals surface area contributed by atoms with Crippen LogP contribution in [0.5, 0.6) is 0 Å². The number of carbonyl (C=O) groups is 1. The zero-order valence-corrected chi connectivity index (χ0v) is 11.3. The van der Waals surface area contributed by atoms with Gasteiger partial charge in [0.15, 0.2) is 0 Å². The Morgan fingerprint density at radius 3 is 2.83 bits per heavy atom. The van der Waals surface area contributed by atoms with Crippen molar-refractivity contribution in [3.63, 3.8) is 0 Å². The van der Waals surface area contributed by atoms with Crippen LogP contribution in [0.4, 0.5) is 4.39 Å². The molecule has 4 nitrogen and oxygen atoms in total. The Balaban J connectivity index is 2.37. The summed E-state index contributed by atoms with van der Waals surface area (Å²) in [5.74, 6) is -1.54. The summed E-state index contributed by atoms with van der Waals surface area (Å²) < 4.78 is 13.8. The average molecular weight is 331 g/mol. The molecule has 2 aromatic rings. The number of aliphatic carboxylic acids is 1. The first-order valence-electron chi connectivity index (χ1n) is 4.87. The molecule has 1 heterocycles. The third-order valence-electron chi connectivity index (χ3n) is 2.22. The van der Waals surface area contributed by atoms with Gasteiger partial charge in [-0.25, -0.2) is 9.37 Å². The Kier molecular flexibility index (Phi) is 3.74. The number of carboxylic acid groups (broad SMARTS) is 1. The fourth-order valence-corrected chi connectivity index (χ4v) is 2.67. The van der Waals surface area contributed by atoms with Crippen molar-refractivity contribution < 1.29 is 14.3 Å². The van der Waals surface area contributed by atoms with Crippen LogP contribution in [0.2, 0.25) is 0 Å². The predicted molar refractivity (Wildman–Crippen MR) is 69.8 cm³/mol. The minimum absolute atomic E-state index is 0.267. The van der Waals surface area contributed by atoms with Gasteiger partial charge in [-0.1, -0.05) is 15.9 Å². The highest BCUT2D eigenvalue weighted by Gasteiger charge is 2.18. The molecule has 1 unspecified atom stereocenters. The standard InChI is InChI=1S/C11H8BrFN2O2S/c12-6-1-5(2-7(13)3-6)10-15-8(4-18-10)9(14)11(16)17/h1-4,9H,14H2,(H,16,17). The van der Waals surface area contributed by atoms with E-state index in [1.165, 1.54) is 23.5 Å². The van der Waals surface area contributed by atoms with Gasteiger partial charge in [-0.15, -0.1) is 11.3 Å². The van der Waals surface area contributed by atoms with E-state index in [-0.39, 0.29) is 5.69 Å². The lowest BCUT2D eigenvalue weighted by atomic mass is 10.2. The van der Waals surface area contributed by atoms with Gasteiger partial charge in [0, 0.05) is 15.4 Å². The van der Waals surface area contributed by atoms with E-state index in [2.05, 4.69) is 20.9 Å². The van der Waals surface area contributed by atoms with E-state index < -0.39 is 17.8 Å². The molecular weight excluding hydrogens is 323 g/mol. The number of nitrogens with two attached hydrogens (primary N) is 1. The van der Waals surface area contributed by atoms with Crippen molar-refractivity contribution >= 4 is 33.2 Å². The van der Waals surface area contributed by atoms with Crippen LogP contribution in [0.1, 0.15) is 11.7 Å². The SMILES string of the molecule is NC(C(=O)O)c1csc(-c2cc(F)cc(Br)c2)n1. The maximum absolute atomic E-state index is 13.2. The van der Waals surface area contributed by atoms with Crippen LogP contribution in [0.15, 0.2) is 28.1 Å². The van der Waals surface area contributed by atoms with E-state index in [4.69, 9.17) is 10.8 Å². The number of benzene rings is 1. The quantitative estimate of drug-likeness (QED) is 0.907. The van der Waals surface area contributed by atoms with Crippen molar-refractivity contribution in [1.82, 2.24) is 4.98 Å². The van der Waals surface area contributed by atoms with Gasteiger partial charge in [0.05, 0.1) is 5.69 Å². The van der Waals surface area contributed by atoms with E-state index >= 15 is 0 Å². The number of nitrogens with zero attached hydrogens (tertiary/aromatic N) is 1. The summed E-state index contributed by atoms with van der Waals surface area (Å²) in [5.41, 5.74) is 6.30.